The third-order valence-electron chi connectivity index (χ3n) is 1.77. The highest BCUT2D eigenvalue weighted by Gasteiger charge is 2.09. The van der Waals surface area contributed by atoms with Gasteiger partial charge in [-0.2, -0.15) is 0 Å². The van der Waals surface area contributed by atoms with Crippen molar-refractivity contribution in [1.29, 1.82) is 0 Å². The average Bonchev–Trinajstić information content (AvgIpc) is 2.25. The van der Waals surface area contributed by atoms with Crippen molar-refractivity contribution in [3.05, 3.63) is 46.2 Å². The molecule has 1 aromatic carbocycles. The molecule has 16 heavy (non-hydrogen) atoms. The molecule has 1 rings (SSSR count). The third-order valence-corrected chi connectivity index (χ3v) is 2.26. The monoisotopic (exact) mass is 286 g/mol. The van der Waals surface area contributed by atoms with Crippen LogP contribution in [0.25, 0.3) is 0 Å². The Morgan fingerprint density at radius 2 is 2.06 bits per heavy atom. The van der Waals surface area contributed by atoms with E-state index in [0.717, 1.165) is 12.2 Å². The Morgan fingerprint density at radius 1 is 1.38 bits per heavy atom. The normalized spacial score (nSPS) is 10.4. The fraction of sp³-hybridized carbons (Fsp3) is 0.0909. The zero-order valence-corrected chi connectivity index (χ0v) is 9.95. The van der Waals surface area contributed by atoms with E-state index in [1.54, 1.807) is 6.07 Å². The first-order valence-corrected chi connectivity index (χ1v) is 5.09. The molecule has 0 N–H and O–H groups in total. The molecule has 0 aliphatic rings. The Morgan fingerprint density at radius 3 is 2.62 bits per heavy atom. The topological polar surface area (TPSA) is 43.4 Å². The van der Waals surface area contributed by atoms with Crippen molar-refractivity contribution in [1.82, 2.24) is 0 Å². The lowest BCUT2D eigenvalue weighted by atomic mass is 10.1. The highest BCUT2D eigenvalue weighted by molar-refractivity contribution is 9.10. The number of benzene rings is 1. The van der Waals surface area contributed by atoms with E-state index in [1.807, 2.05) is 0 Å². The highest BCUT2D eigenvalue weighted by Crippen LogP contribution is 2.15. The molecule has 0 atom stereocenters. The molecule has 0 radical (unpaired) electrons. The summed E-state index contributed by atoms with van der Waals surface area (Å²) in [6.07, 6.45) is 1.92. The van der Waals surface area contributed by atoms with Crippen LogP contribution in [0.5, 0.6) is 0 Å². The molecule has 0 aliphatic carbocycles. The molecule has 0 saturated heterocycles. The molecule has 0 amide bonds. The second kappa shape index (κ2) is 5.55. The maximum absolute atomic E-state index is 13.3. The third kappa shape index (κ3) is 3.27. The maximum atomic E-state index is 13.3. The summed E-state index contributed by atoms with van der Waals surface area (Å²) in [6.45, 7) is 0. The summed E-state index contributed by atoms with van der Waals surface area (Å²) in [5.74, 6) is -1.89. The summed E-state index contributed by atoms with van der Waals surface area (Å²) in [4.78, 5) is 22.2. The number of carbonyl (C=O) groups excluding carboxylic acids is 2. The van der Waals surface area contributed by atoms with Crippen molar-refractivity contribution < 1.29 is 18.7 Å². The second-order valence-corrected chi connectivity index (χ2v) is 3.76. The fourth-order valence-electron chi connectivity index (χ4n) is 0.991. The minimum absolute atomic E-state index is 0.0941. The summed E-state index contributed by atoms with van der Waals surface area (Å²) in [5.41, 5.74) is -0.0941. The minimum Gasteiger partial charge on any atom is -0.466 e. The lowest BCUT2D eigenvalue weighted by Crippen LogP contribution is -2.01. The van der Waals surface area contributed by atoms with Gasteiger partial charge < -0.3 is 4.74 Å². The minimum atomic E-state index is -0.661. The van der Waals surface area contributed by atoms with Gasteiger partial charge in [-0.1, -0.05) is 15.9 Å². The van der Waals surface area contributed by atoms with Gasteiger partial charge in [-0.15, -0.1) is 0 Å². The van der Waals surface area contributed by atoms with Crippen LogP contribution in [0.4, 0.5) is 4.39 Å². The van der Waals surface area contributed by atoms with Gasteiger partial charge in [0.2, 0.25) is 0 Å². The lowest BCUT2D eigenvalue weighted by molar-refractivity contribution is -0.134. The van der Waals surface area contributed by atoms with Gasteiger partial charge in [-0.25, -0.2) is 9.18 Å². The molecular formula is C11H8BrFO3. The molecule has 0 aliphatic heterocycles. The molecule has 0 bridgehead atoms. The number of ketones is 1. The van der Waals surface area contributed by atoms with E-state index in [2.05, 4.69) is 20.7 Å². The molecule has 84 valence electrons. The standard InChI is InChI=1S/C11H8BrFO3/c1-16-11(15)5-4-10(14)8-3-2-7(12)6-9(8)13/h2-6H,1H3/b5-4+. The maximum Gasteiger partial charge on any atom is 0.330 e. The van der Waals surface area contributed by atoms with E-state index >= 15 is 0 Å². The zero-order valence-electron chi connectivity index (χ0n) is 8.37. The number of hydrogen-bond acceptors (Lipinski definition) is 3. The number of carbonyl (C=O) groups is 2. The van der Waals surface area contributed by atoms with Crippen molar-refractivity contribution in [2.75, 3.05) is 7.11 Å². The number of esters is 1. The molecule has 0 heterocycles. The van der Waals surface area contributed by atoms with E-state index in [4.69, 9.17) is 0 Å². The largest absolute Gasteiger partial charge is 0.466 e. The van der Waals surface area contributed by atoms with E-state index in [0.29, 0.717) is 4.47 Å². The summed E-state index contributed by atoms with van der Waals surface area (Å²) in [7, 11) is 1.19. The predicted molar refractivity (Wildman–Crippen MR) is 59.6 cm³/mol. The average molecular weight is 287 g/mol. The van der Waals surface area contributed by atoms with Crippen LogP contribution >= 0.6 is 15.9 Å². The number of ether oxygens (including phenoxy) is 1. The summed E-state index contributed by atoms with van der Waals surface area (Å²) >= 11 is 3.08. The fourth-order valence-corrected chi connectivity index (χ4v) is 1.32. The molecular weight excluding hydrogens is 279 g/mol. The van der Waals surface area contributed by atoms with Crippen molar-refractivity contribution in [2.24, 2.45) is 0 Å². The molecule has 5 heteroatoms. The van der Waals surface area contributed by atoms with Crippen LogP contribution in [-0.4, -0.2) is 18.9 Å². The van der Waals surface area contributed by atoms with Crippen LogP contribution in [0.3, 0.4) is 0 Å². The van der Waals surface area contributed by atoms with E-state index in [1.165, 1.54) is 19.2 Å². The Labute approximate surface area is 100 Å². The Kier molecular flexibility index (Phi) is 4.37. The highest BCUT2D eigenvalue weighted by atomic mass is 79.9. The van der Waals surface area contributed by atoms with Gasteiger partial charge in [0.15, 0.2) is 5.78 Å². The SMILES string of the molecule is COC(=O)/C=C/C(=O)c1ccc(Br)cc1F. The summed E-state index contributed by atoms with van der Waals surface area (Å²) in [5, 5.41) is 0. The summed E-state index contributed by atoms with van der Waals surface area (Å²) in [6, 6.07) is 4.06. The van der Waals surface area contributed by atoms with Crippen molar-refractivity contribution in [3.63, 3.8) is 0 Å². The van der Waals surface area contributed by atoms with Crippen LogP contribution in [-0.2, 0) is 9.53 Å². The quantitative estimate of drug-likeness (QED) is 0.487. The van der Waals surface area contributed by atoms with Crippen molar-refractivity contribution >= 4 is 27.7 Å². The molecule has 0 spiro atoms. The molecule has 0 aromatic heterocycles. The number of halogens is 2. The van der Waals surface area contributed by atoms with Gasteiger partial charge in [0.1, 0.15) is 5.82 Å². The molecule has 1 aromatic rings. The van der Waals surface area contributed by atoms with E-state index in [-0.39, 0.29) is 5.56 Å². The second-order valence-electron chi connectivity index (χ2n) is 2.84. The predicted octanol–water partition coefficient (Wildman–Crippen LogP) is 2.50. The Balaban J connectivity index is 2.89. The smallest absolute Gasteiger partial charge is 0.330 e. The van der Waals surface area contributed by atoms with E-state index < -0.39 is 17.6 Å². The number of allylic oxidation sites excluding steroid dienone is 1. The first-order chi connectivity index (χ1) is 7.54. The van der Waals surface area contributed by atoms with Gasteiger partial charge in [-0.3, -0.25) is 4.79 Å². The Hall–Kier alpha value is -1.49. The summed E-state index contributed by atoms with van der Waals surface area (Å²) < 4.78 is 18.2. The van der Waals surface area contributed by atoms with Crippen LogP contribution in [0, 0.1) is 5.82 Å². The number of methoxy groups -OCH3 is 1. The van der Waals surface area contributed by atoms with Gasteiger partial charge in [0.05, 0.1) is 12.7 Å². The van der Waals surface area contributed by atoms with Crippen LogP contribution < -0.4 is 0 Å². The first-order valence-electron chi connectivity index (χ1n) is 4.30. The molecule has 0 saturated carbocycles. The van der Waals surface area contributed by atoms with Gasteiger partial charge >= 0.3 is 5.97 Å². The zero-order chi connectivity index (χ0) is 12.1. The molecule has 0 fully saturated rings. The Bertz CT molecular complexity index is 455. The number of rotatable bonds is 3. The van der Waals surface area contributed by atoms with Crippen molar-refractivity contribution in [2.45, 2.75) is 0 Å². The van der Waals surface area contributed by atoms with Gasteiger partial charge in [0, 0.05) is 10.5 Å². The van der Waals surface area contributed by atoms with Crippen LogP contribution in [0.1, 0.15) is 10.4 Å². The van der Waals surface area contributed by atoms with Crippen LogP contribution in [0.15, 0.2) is 34.8 Å². The van der Waals surface area contributed by atoms with Crippen LogP contribution in [0.2, 0.25) is 0 Å². The number of hydrogen-bond donors (Lipinski definition) is 0. The molecule has 3 nitrogen and oxygen atoms in total. The first kappa shape index (κ1) is 12.6. The molecule has 0 unspecified atom stereocenters. The van der Waals surface area contributed by atoms with Gasteiger partial charge in [0.25, 0.3) is 0 Å². The lowest BCUT2D eigenvalue weighted by Gasteiger charge is -1.98. The van der Waals surface area contributed by atoms with Gasteiger partial charge in [-0.05, 0) is 24.3 Å². The van der Waals surface area contributed by atoms with Crippen molar-refractivity contribution in [3.8, 4) is 0 Å². The van der Waals surface area contributed by atoms with E-state index in [9.17, 15) is 14.0 Å².